The Morgan fingerprint density at radius 3 is 3.06 bits per heavy atom. The average Bonchev–Trinajstić information content (AvgIpc) is 2.86. The van der Waals surface area contributed by atoms with Crippen molar-refractivity contribution in [2.45, 2.75) is 19.0 Å². The van der Waals surface area contributed by atoms with Crippen LogP contribution in [0.3, 0.4) is 0 Å². The summed E-state index contributed by atoms with van der Waals surface area (Å²) in [5, 5.41) is 12.6. The second-order valence-corrected chi connectivity index (χ2v) is 4.83. The lowest BCUT2D eigenvalue weighted by atomic mass is 10.1. The van der Waals surface area contributed by atoms with E-state index in [1.54, 1.807) is 0 Å². The highest BCUT2D eigenvalue weighted by Crippen LogP contribution is 2.36. The van der Waals surface area contributed by atoms with Gasteiger partial charge >= 0.3 is 0 Å². The van der Waals surface area contributed by atoms with E-state index in [4.69, 9.17) is 9.47 Å². The first-order chi connectivity index (χ1) is 8.78. The van der Waals surface area contributed by atoms with Gasteiger partial charge < -0.3 is 24.8 Å². The molecular formula is C13H18N2O3. The maximum absolute atomic E-state index is 9.26. The Morgan fingerprint density at radius 2 is 2.22 bits per heavy atom. The van der Waals surface area contributed by atoms with Crippen molar-refractivity contribution < 1.29 is 14.6 Å². The molecule has 2 unspecified atom stereocenters. The van der Waals surface area contributed by atoms with E-state index in [1.807, 2.05) is 18.2 Å². The molecule has 98 valence electrons. The Hall–Kier alpha value is -1.46. The molecule has 0 bridgehead atoms. The maximum atomic E-state index is 9.26. The van der Waals surface area contributed by atoms with Crippen LogP contribution in [0.2, 0.25) is 0 Å². The molecule has 0 spiro atoms. The van der Waals surface area contributed by atoms with Crippen LogP contribution in [0.25, 0.3) is 0 Å². The van der Waals surface area contributed by atoms with E-state index >= 15 is 0 Å². The van der Waals surface area contributed by atoms with Gasteiger partial charge in [0.2, 0.25) is 6.79 Å². The molecule has 18 heavy (non-hydrogen) atoms. The zero-order valence-corrected chi connectivity index (χ0v) is 10.4. The molecule has 2 N–H and O–H groups in total. The SMILES string of the molecule is CC1CNC(CO)CN1c1ccc2c(c1)OCO2. The Labute approximate surface area is 106 Å². The highest BCUT2D eigenvalue weighted by Gasteiger charge is 2.26. The molecule has 0 radical (unpaired) electrons. The van der Waals surface area contributed by atoms with Gasteiger partial charge in [-0.05, 0) is 19.1 Å². The van der Waals surface area contributed by atoms with E-state index in [9.17, 15) is 5.11 Å². The summed E-state index contributed by atoms with van der Waals surface area (Å²) in [6.07, 6.45) is 0. The van der Waals surface area contributed by atoms with E-state index in [-0.39, 0.29) is 12.6 Å². The van der Waals surface area contributed by atoms with Gasteiger partial charge in [0.15, 0.2) is 11.5 Å². The summed E-state index contributed by atoms with van der Waals surface area (Å²) >= 11 is 0. The van der Waals surface area contributed by atoms with E-state index < -0.39 is 0 Å². The zero-order valence-electron chi connectivity index (χ0n) is 10.4. The van der Waals surface area contributed by atoms with E-state index in [0.29, 0.717) is 12.8 Å². The topological polar surface area (TPSA) is 54.0 Å². The number of anilines is 1. The summed E-state index contributed by atoms with van der Waals surface area (Å²) in [4.78, 5) is 2.29. The normalized spacial score (nSPS) is 26.4. The lowest BCUT2D eigenvalue weighted by Gasteiger charge is -2.39. The molecule has 2 aliphatic heterocycles. The van der Waals surface area contributed by atoms with E-state index in [0.717, 1.165) is 30.3 Å². The van der Waals surface area contributed by atoms with Crippen molar-refractivity contribution in [3.05, 3.63) is 18.2 Å². The largest absolute Gasteiger partial charge is 0.454 e. The number of nitrogens with zero attached hydrogens (tertiary/aromatic N) is 1. The van der Waals surface area contributed by atoms with Crippen LogP contribution in [0, 0.1) is 0 Å². The predicted octanol–water partition coefficient (Wildman–Crippen LogP) is 0.574. The minimum absolute atomic E-state index is 0.131. The number of benzene rings is 1. The van der Waals surface area contributed by atoms with Crippen molar-refractivity contribution in [1.29, 1.82) is 0 Å². The number of ether oxygens (including phenoxy) is 2. The Bertz CT molecular complexity index is 438. The third-order valence-corrected chi connectivity index (χ3v) is 3.56. The van der Waals surface area contributed by atoms with Crippen molar-refractivity contribution in [1.82, 2.24) is 5.32 Å². The molecule has 0 aliphatic carbocycles. The fourth-order valence-electron chi connectivity index (χ4n) is 2.48. The molecule has 1 aromatic carbocycles. The highest BCUT2D eigenvalue weighted by atomic mass is 16.7. The molecule has 5 nitrogen and oxygen atoms in total. The molecule has 0 amide bonds. The Balaban J connectivity index is 1.84. The zero-order chi connectivity index (χ0) is 12.5. The van der Waals surface area contributed by atoms with Crippen LogP contribution in [0.5, 0.6) is 11.5 Å². The van der Waals surface area contributed by atoms with Crippen molar-refractivity contribution in [2.75, 3.05) is 31.4 Å². The summed E-state index contributed by atoms with van der Waals surface area (Å²) in [5.41, 5.74) is 1.12. The molecule has 5 heteroatoms. The number of aliphatic hydroxyl groups is 1. The third kappa shape index (κ3) is 2.00. The second-order valence-electron chi connectivity index (χ2n) is 4.83. The standard InChI is InChI=1S/C13H18N2O3/c1-9-5-14-10(7-16)6-15(9)11-2-3-12-13(4-11)18-8-17-12/h2-4,9-10,14,16H,5-8H2,1H3. The first-order valence-electron chi connectivity index (χ1n) is 6.28. The van der Waals surface area contributed by atoms with Gasteiger partial charge in [0.25, 0.3) is 0 Å². The summed E-state index contributed by atoms with van der Waals surface area (Å²) in [6.45, 7) is 4.31. The van der Waals surface area contributed by atoms with Crippen LogP contribution >= 0.6 is 0 Å². The summed E-state index contributed by atoms with van der Waals surface area (Å²) in [5.74, 6) is 1.61. The number of piperazine rings is 1. The van der Waals surface area contributed by atoms with Crippen molar-refractivity contribution in [3.63, 3.8) is 0 Å². The monoisotopic (exact) mass is 250 g/mol. The first kappa shape index (κ1) is 11.6. The number of rotatable bonds is 2. The second kappa shape index (κ2) is 4.66. The Kier molecular flexibility index (Phi) is 3.01. The van der Waals surface area contributed by atoms with Crippen molar-refractivity contribution in [3.8, 4) is 11.5 Å². The lowest BCUT2D eigenvalue weighted by Crippen LogP contribution is -2.56. The molecule has 2 aliphatic rings. The van der Waals surface area contributed by atoms with Crippen LogP contribution < -0.4 is 19.7 Å². The highest BCUT2D eigenvalue weighted by molar-refractivity contribution is 5.58. The molecule has 0 aromatic heterocycles. The summed E-state index contributed by atoms with van der Waals surface area (Å²) in [6, 6.07) is 6.53. The number of aliphatic hydroxyl groups excluding tert-OH is 1. The minimum Gasteiger partial charge on any atom is -0.454 e. The fourth-order valence-corrected chi connectivity index (χ4v) is 2.48. The number of nitrogens with one attached hydrogen (secondary N) is 1. The smallest absolute Gasteiger partial charge is 0.231 e. The average molecular weight is 250 g/mol. The Morgan fingerprint density at radius 1 is 1.39 bits per heavy atom. The summed E-state index contributed by atoms with van der Waals surface area (Å²) in [7, 11) is 0. The first-order valence-corrected chi connectivity index (χ1v) is 6.28. The van der Waals surface area contributed by atoms with Crippen LogP contribution in [0.1, 0.15) is 6.92 Å². The number of hydrogen-bond donors (Lipinski definition) is 2. The molecule has 0 saturated carbocycles. The van der Waals surface area contributed by atoms with E-state index in [2.05, 4.69) is 17.1 Å². The molecular weight excluding hydrogens is 232 g/mol. The molecule has 2 heterocycles. The lowest BCUT2D eigenvalue weighted by molar-refractivity contribution is 0.174. The molecule has 3 rings (SSSR count). The molecule has 1 fully saturated rings. The van der Waals surface area contributed by atoms with Gasteiger partial charge in [0.05, 0.1) is 6.61 Å². The van der Waals surface area contributed by atoms with Gasteiger partial charge in [0, 0.05) is 36.9 Å². The molecule has 1 saturated heterocycles. The van der Waals surface area contributed by atoms with E-state index in [1.165, 1.54) is 0 Å². The van der Waals surface area contributed by atoms with Gasteiger partial charge in [-0.3, -0.25) is 0 Å². The number of hydrogen-bond acceptors (Lipinski definition) is 5. The van der Waals surface area contributed by atoms with Crippen molar-refractivity contribution >= 4 is 5.69 Å². The minimum atomic E-state index is 0.131. The van der Waals surface area contributed by atoms with Gasteiger partial charge in [-0.25, -0.2) is 0 Å². The van der Waals surface area contributed by atoms with Crippen molar-refractivity contribution in [2.24, 2.45) is 0 Å². The van der Waals surface area contributed by atoms with Crippen LogP contribution in [-0.4, -0.2) is 43.7 Å². The summed E-state index contributed by atoms with van der Waals surface area (Å²) < 4.78 is 10.7. The van der Waals surface area contributed by atoms with Crippen LogP contribution in [0.4, 0.5) is 5.69 Å². The van der Waals surface area contributed by atoms with Gasteiger partial charge in [-0.15, -0.1) is 0 Å². The fraction of sp³-hybridized carbons (Fsp3) is 0.538. The van der Waals surface area contributed by atoms with Crippen LogP contribution in [0.15, 0.2) is 18.2 Å². The van der Waals surface area contributed by atoms with Crippen LogP contribution in [-0.2, 0) is 0 Å². The van der Waals surface area contributed by atoms with Gasteiger partial charge in [0.1, 0.15) is 0 Å². The van der Waals surface area contributed by atoms with Gasteiger partial charge in [-0.2, -0.15) is 0 Å². The molecule has 2 atom stereocenters. The number of fused-ring (bicyclic) bond motifs is 1. The maximum Gasteiger partial charge on any atom is 0.231 e. The quantitative estimate of drug-likeness (QED) is 0.804. The molecule has 1 aromatic rings. The predicted molar refractivity (Wildman–Crippen MR) is 68.2 cm³/mol. The third-order valence-electron chi connectivity index (χ3n) is 3.56. The van der Waals surface area contributed by atoms with Gasteiger partial charge in [-0.1, -0.05) is 0 Å².